The highest BCUT2D eigenvalue weighted by Gasteiger charge is 2.10. The molecular formula is C16H20N4O2S2. The predicted molar refractivity (Wildman–Crippen MR) is 99.8 cm³/mol. The zero-order valence-electron chi connectivity index (χ0n) is 13.8. The van der Waals surface area contributed by atoms with Crippen LogP contribution in [-0.4, -0.2) is 27.3 Å². The Morgan fingerprint density at radius 1 is 1.29 bits per heavy atom. The van der Waals surface area contributed by atoms with Crippen LogP contribution >= 0.6 is 23.6 Å². The summed E-state index contributed by atoms with van der Waals surface area (Å²) in [6.45, 7) is 6.06. The fraction of sp³-hybridized carbons (Fsp3) is 0.375. The summed E-state index contributed by atoms with van der Waals surface area (Å²) < 4.78 is 5.69. The Morgan fingerprint density at radius 3 is 2.58 bits per heavy atom. The number of nitrogens with one attached hydrogen (secondary N) is 2. The molecule has 1 atom stereocenters. The smallest absolute Gasteiger partial charge is 0.257 e. The highest BCUT2D eigenvalue weighted by molar-refractivity contribution is 7.80. The van der Waals surface area contributed by atoms with E-state index in [1.54, 1.807) is 24.3 Å². The Hall–Kier alpha value is -2.06. The Morgan fingerprint density at radius 2 is 2.00 bits per heavy atom. The number of thiocarbonyl (C=S) groups is 1. The molecule has 1 aromatic heterocycles. The number of anilines is 1. The number of aromatic nitrogens is 2. The Kier molecular flexibility index (Phi) is 6.62. The van der Waals surface area contributed by atoms with Crippen LogP contribution in [0.5, 0.6) is 5.75 Å². The molecule has 2 rings (SSSR count). The largest absolute Gasteiger partial charge is 0.491 e. The monoisotopic (exact) mass is 364 g/mol. The van der Waals surface area contributed by atoms with Crippen LogP contribution in [0.1, 0.15) is 42.6 Å². The van der Waals surface area contributed by atoms with E-state index in [2.05, 4.69) is 27.8 Å². The average molecular weight is 364 g/mol. The second-order valence-electron chi connectivity index (χ2n) is 5.12. The van der Waals surface area contributed by atoms with Gasteiger partial charge in [-0.3, -0.25) is 10.1 Å². The van der Waals surface area contributed by atoms with Crippen molar-refractivity contribution in [1.82, 2.24) is 15.5 Å². The van der Waals surface area contributed by atoms with Crippen LogP contribution in [0.25, 0.3) is 0 Å². The number of ether oxygens (including phenoxy) is 1. The minimum absolute atomic E-state index is 0.140. The average Bonchev–Trinajstić information content (AvgIpc) is 3.02. The van der Waals surface area contributed by atoms with Gasteiger partial charge in [-0.1, -0.05) is 25.2 Å². The van der Waals surface area contributed by atoms with E-state index in [-0.39, 0.29) is 17.1 Å². The molecule has 1 amide bonds. The number of amides is 1. The highest BCUT2D eigenvalue weighted by atomic mass is 32.1. The van der Waals surface area contributed by atoms with Crippen LogP contribution < -0.4 is 15.4 Å². The fourth-order valence-electron chi connectivity index (χ4n) is 1.75. The summed E-state index contributed by atoms with van der Waals surface area (Å²) >= 11 is 6.53. The van der Waals surface area contributed by atoms with E-state index in [0.717, 1.165) is 23.6 Å². The summed E-state index contributed by atoms with van der Waals surface area (Å²) in [7, 11) is 0. The molecule has 128 valence electrons. The summed E-state index contributed by atoms with van der Waals surface area (Å²) in [5.74, 6) is 0.449. The molecule has 6 nitrogen and oxygen atoms in total. The Balaban J connectivity index is 1.90. The number of aryl methyl sites for hydroxylation is 1. The van der Waals surface area contributed by atoms with Gasteiger partial charge in [0.1, 0.15) is 10.8 Å². The van der Waals surface area contributed by atoms with Crippen molar-refractivity contribution in [3.8, 4) is 5.75 Å². The van der Waals surface area contributed by atoms with E-state index >= 15 is 0 Å². The molecule has 0 unspecified atom stereocenters. The van der Waals surface area contributed by atoms with Crippen LogP contribution in [0.15, 0.2) is 24.3 Å². The molecule has 0 saturated heterocycles. The maximum Gasteiger partial charge on any atom is 0.257 e. The molecule has 0 fully saturated rings. The SMILES string of the molecule is CCc1nnc(NC(=S)NC(=O)c2ccc(O[C@@H](C)CC)cc2)s1. The molecule has 0 saturated carbocycles. The third kappa shape index (κ3) is 5.24. The van der Waals surface area contributed by atoms with Crippen molar-refractivity contribution in [2.45, 2.75) is 39.7 Å². The van der Waals surface area contributed by atoms with Gasteiger partial charge >= 0.3 is 0 Å². The van der Waals surface area contributed by atoms with E-state index in [9.17, 15) is 4.79 Å². The fourth-order valence-corrected chi connectivity index (χ4v) is 2.69. The highest BCUT2D eigenvalue weighted by Crippen LogP contribution is 2.16. The third-order valence-electron chi connectivity index (χ3n) is 3.25. The number of hydrogen-bond acceptors (Lipinski definition) is 6. The summed E-state index contributed by atoms with van der Waals surface area (Å²) in [5.41, 5.74) is 0.502. The first kappa shape index (κ1) is 18.3. The first-order valence-corrected chi connectivity index (χ1v) is 8.95. The first-order valence-electron chi connectivity index (χ1n) is 7.73. The maximum atomic E-state index is 12.2. The van der Waals surface area contributed by atoms with Gasteiger partial charge in [0.15, 0.2) is 5.11 Å². The van der Waals surface area contributed by atoms with Gasteiger partial charge in [0.25, 0.3) is 5.91 Å². The molecule has 2 aromatic rings. The quantitative estimate of drug-likeness (QED) is 0.765. The van der Waals surface area contributed by atoms with Crippen molar-refractivity contribution in [3.63, 3.8) is 0 Å². The van der Waals surface area contributed by atoms with Crippen LogP contribution in [0.3, 0.4) is 0 Å². The summed E-state index contributed by atoms with van der Waals surface area (Å²) in [6, 6.07) is 6.96. The summed E-state index contributed by atoms with van der Waals surface area (Å²) in [4.78, 5) is 12.2. The lowest BCUT2D eigenvalue weighted by atomic mass is 10.2. The van der Waals surface area contributed by atoms with Crippen molar-refractivity contribution < 1.29 is 9.53 Å². The van der Waals surface area contributed by atoms with Gasteiger partial charge in [-0.15, -0.1) is 10.2 Å². The van der Waals surface area contributed by atoms with Gasteiger partial charge in [0.2, 0.25) is 5.13 Å². The molecule has 1 heterocycles. The number of hydrogen-bond donors (Lipinski definition) is 2. The van der Waals surface area contributed by atoms with Crippen LogP contribution in [0.4, 0.5) is 5.13 Å². The first-order chi connectivity index (χ1) is 11.5. The topological polar surface area (TPSA) is 76.1 Å². The van der Waals surface area contributed by atoms with Crippen molar-refractivity contribution in [3.05, 3.63) is 34.8 Å². The van der Waals surface area contributed by atoms with Gasteiger partial charge in [-0.2, -0.15) is 0 Å². The van der Waals surface area contributed by atoms with Crippen LogP contribution in [0, 0.1) is 0 Å². The van der Waals surface area contributed by atoms with Crippen LogP contribution in [0.2, 0.25) is 0 Å². The van der Waals surface area contributed by atoms with E-state index in [1.807, 2.05) is 13.8 Å². The minimum atomic E-state index is -0.289. The number of nitrogens with zero attached hydrogens (tertiary/aromatic N) is 2. The molecular weight excluding hydrogens is 344 g/mol. The maximum absolute atomic E-state index is 12.2. The van der Waals surface area contributed by atoms with Gasteiger partial charge in [0.05, 0.1) is 6.10 Å². The number of rotatable bonds is 6. The molecule has 0 radical (unpaired) electrons. The zero-order chi connectivity index (χ0) is 17.5. The zero-order valence-corrected chi connectivity index (χ0v) is 15.5. The van der Waals surface area contributed by atoms with Gasteiger partial charge in [-0.25, -0.2) is 0 Å². The molecule has 8 heteroatoms. The van der Waals surface area contributed by atoms with Crippen molar-refractivity contribution in [2.75, 3.05) is 5.32 Å². The minimum Gasteiger partial charge on any atom is -0.491 e. The van der Waals surface area contributed by atoms with Crippen molar-refractivity contribution in [1.29, 1.82) is 0 Å². The van der Waals surface area contributed by atoms with Crippen molar-refractivity contribution in [2.24, 2.45) is 0 Å². The number of carbonyl (C=O) groups is 1. The van der Waals surface area contributed by atoms with E-state index in [1.165, 1.54) is 11.3 Å². The van der Waals surface area contributed by atoms with Gasteiger partial charge < -0.3 is 10.1 Å². The van der Waals surface area contributed by atoms with E-state index in [4.69, 9.17) is 17.0 Å². The molecule has 0 spiro atoms. The predicted octanol–water partition coefficient (Wildman–Crippen LogP) is 3.40. The normalized spacial score (nSPS) is 11.6. The summed E-state index contributed by atoms with van der Waals surface area (Å²) in [5, 5.41) is 15.1. The number of benzene rings is 1. The standard InChI is InChI=1S/C16H20N4O2S2/c1-4-10(3)22-12-8-6-11(7-9-12)14(21)17-15(23)18-16-20-19-13(5-2)24-16/h6-10H,4-5H2,1-3H3,(H2,17,18,20,21,23)/t10-/m0/s1. The van der Waals surface area contributed by atoms with Gasteiger partial charge in [-0.05, 0) is 56.2 Å². The van der Waals surface area contributed by atoms with Gasteiger partial charge in [0, 0.05) is 5.56 Å². The van der Waals surface area contributed by atoms with E-state index < -0.39 is 0 Å². The number of carbonyl (C=O) groups excluding carboxylic acids is 1. The third-order valence-corrected chi connectivity index (χ3v) is 4.43. The lowest BCUT2D eigenvalue weighted by Crippen LogP contribution is -2.34. The van der Waals surface area contributed by atoms with Crippen molar-refractivity contribution >= 4 is 39.7 Å². The Bertz CT molecular complexity index is 700. The molecule has 1 aromatic carbocycles. The lowest BCUT2D eigenvalue weighted by molar-refractivity contribution is 0.0977. The Labute approximate surface area is 150 Å². The second-order valence-corrected chi connectivity index (χ2v) is 6.59. The molecule has 0 aliphatic heterocycles. The second kappa shape index (κ2) is 8.70. The molecule has 2 N–H and O–H groups in total. The molecule has 0 aliphatic rings. The van der Waals surface area contributed by atoms with E-state index in [0.29, 0.717) is 10.7 Å². The summed E-state index contributed by atoms with van der Waals surface area (Å²) in [6.07, 6.45) is 1.87. The molecule has 0 aliphatic carbocycles. The van der Waals surface area contributed by atoms with Crippen LogP contribution in [-0.2, 0) is 6.42 Å². The molecule has 24 heavy (non-hydrogen) atoms. The lowest BCUT2D eigenvalue weighted by Gasteiger charge is -2.12. The molecule has 0 bridgehead atoms.